The normalized spacial score (nSPS) is 15.0. The van der Waals surface area contributed by atoms with Gasteiger partial charge in [0.05, 0.1) is 0 Å². The first kappa shape index (κ1) is 13.0. The van der Waals surface area contributed by atoms with Crippen LogP contribution in [-0.4, -0.2) is 26.8 Å². The summed E-state index contributed by atoms with van der Waals surface area (Å²) >= 11 is 0. The molecule has 1 N–H and O–H groups in total. The molecular formula is C15H21NO2. The number of fused-ring (bicyclic) bond motifs is 1. The third-order valence-corrected chi connectivity index (χ3v) is 3.04. The first-order valence-electron chi connectivity index (χ1n) is 6.45. The van der Waals surface area contributed by atoms with Crippen LogP contribution >= 0.6 is 0 Å². The summed E-state index contributed by atoms with van der Waals surface area (Å²) in [4.78, 5) is 0. The number of benzene rings is 1. The molecule has 0 amide bonds. The Labute approximate surface area is 109 Å². The Morgan fingerprint density at radius 2 is 2.00 bits per heavy atom. The number of rotatable bonds is 4. The van der Waals surface area contributed by atoms with E-state index in [0.717, 1.165) is 18.0 Å². The summed E-state index contributed by atoms with van der Waals surface area (Å²) in [5, 5.41) is 3.21. The van der Waals surface area contributed by atoms with Crippen LogP contribution in [0.15, 0.2) is 23.8 Å². The highest BCUT2D eigenvalue weighted by molar-refractivity contribution is 5.59. The van der Waals surface area contributed by atoms with E-state index in [0.29, 0.717) is 19.1 Å². The lowest BCUT2D eigenvalue weighted by atomic mass is 10.00. The van der Waals surface area contributed by atoms with E-state index in [4.69, 9.17) is 9.47 Å². The molecular weight excluding hydrogens is 226 g/mol. The molecule has 0 spiro atoms. The fourth-order valence-electron chi connectivity index (χ4n) is 1.99. The third-order valence-electron chi connectivity index (χ3n) is 3.04. The maximum atomic E-state index is 5.60. The Hall–Kier alpha value is -1.48. The second-order valence-electron chi connectivity index (χ2n) is 4.81. The molecule has 0 aromatic heterocycles. The molecule has 0 atom stereocenters. The summed E-state index contributed by atoms with van der Waals surface area (Å²) in [5.41, 5.74) is 2.55. The molecule has 1 aromatic rings. The van der Waals surface area contributed by atoms with E-state index in [9.17, 15) is 0 Å². The summed E-state index contributed by atoms with van der Waals surface area (Å²) in [6, 6.07) is 6.11. The molecule has 3 heteroatoms. The molecule has 0 saturated heterocycles. The van der Waals surface area contributed by atoms with Crippen LogP contribution in [0.2, 0.25) is 0 Å². The minimum Gasteiger partial charge on any atom is -0.486 e. The van der Waals surface area contributed by atoms with Crippen molar-refractivity contribution in [1.82, 2.24) is 5.32 Å². The van der Waals surface area contributed by atoms with E-state index in [1.54, 1.807) is 0 Å². The van der Waals surface area contributed by atoms with Crippen molar-refractivity contribution in [2.75, 3.05) is 26.8 Å². The number of hydrogen-bond donors (Lipinski definition) is 1. The Balaban J connectivity index is 2.24. The van der Waals surface area contributed by atoms with Gasteiger partial charge in [-0.15, -0.1) is 0 Å². The quantitative estimate of drug-likeness (QED) is 0.887. The van der Waals surface area contributed by atoms with Gasteiger partial charge in [-0.05, 0) is 30.7 Å². The summed E-state index contributed by atoms with van der Waals surface area (Å²) in [5.74, 6) is 2.23. The maximum absolute atomic E-state index is 5.60. The maximum Gasteiger partial charge on any atom is 0.161 e. The first-order chi connectivity index (χ1) is 8.70. The van der Waals surface area contributed by atoms with Gasteiger partial charge in [0.15, 0.2) is 11.5 Å². The lowest BCUT2D eigenvalue weighted by Crippen LogP contribution is -2.15. The van der Waals surface area contributed by atoms with E-state index in [2.05, 4.69) is 31.3 Å². The first-order valence-corrected chi connectivity index (χ1v) is 6.45. The fraction of sp³-hybridized carbons (Fsp3) is 0.467. The van der Waals surface area contributed by atoms with Gasteiger partial charge >= 0.3 is 0 Å². The van der Waals surface area contributed by atoms with Crippen LogP contribution in [0.4, 0.5) is 0 Å². The lowest BCUT2D eigenvalue weighted by molar-refractivity contribution is 0.171. The number of hydrogen-bond acceptors (Lipinski definition) is 3. The van der Waals surface area contributed by atoms with Gasteiger partial charge < -0.3 is 14.8 Å². The van der Waals surface area contributed by atoms with Gasteiger partial charge in [-0.3, -0.25) is 0 Å². The Bertz CT molecular complexity index is 438. The van der Waals surface area contributed by atoms with Crippen molar-refractivity contribution in [1.29, 1.82) is 0 Å². The van der Waals surface area contributed by atoms with Gasteiger partial charge in [0.25, 0.3) is 0 Å². The number of ether oxygens (including phenoxy) is 2. The fourth-order valence-corrected chi connectivity index (χ4v) is 1.99. The summed E-state index contributed by atoms with van der Waals surface area (Å²) < 4.78 is 11.1. The smallest absolute Gasteiger partial charge is 0.161 e. The minimum atomic E-state index is 0.533. The standard InChI is InChI=1S/C15H21NO2/c1-11(2)13(10-16-3)8-12-4-5-14-15(9-12)18-7-6-17-14/h4-5,8-9,11,16H,6-7,10H2,1-3H3. The predicted molar refractivity (Wildman–Crippen MR) is 74.2 cm³/mol. The van der Waals surface area contributed by atoms with E-state index in [1.165, 1.54) is 11.1 Å². The van der Waals surface area contributed by atoms with E-state index in [1.807, 2.05) is 19.2 Å². The third kappa shape index (κ3) is 3.05. The van der Waals surface area contributed by atoms with Crippen molar-refractivity contribution in [2.24, 2.45) is 5.92 Å². The van der Waals surface area contributed by atoms with Crippen LogP contribution in [0.3, 0.4) is 0 Å². The van der Waals surface area contributed by atoms with Gasteiger partial charge in [0, 0.05) is 6.54 Å². The van der Waals surface area contributed by atoms with E-state index >= 15 is 0 Å². The van der Waals surface area contributed by atoms with Gasteiger partial charge in [0.2, 0.25) is 0 Å². The highest BCUT2D eigenvalue weighted by Gasteiger charge is 2.11. The monoisotopic (exact) mass is 247 g/mol. The topological polar surface area (TPSA) is 30.5 Å². The van der Waals surface area contributed by atoms with Gasteiger partial charge in [-0.25, -0.2) is 0 Å². The molecule has 2 rings (SSSR count). The van der Waals surface area contributed by atoms with Crippen molar-refractivity contribution in [3.05, 3.63) is 29.3 Å². The molecule has 1 aromatic carbocycles. The van der Waals surface area contributed by atoms with Gasteiger partial charge in [-0.2, -0.15) is 0 Å². The van der Waals surface area contributed by atoms with Crippen LogP contribution in [0, 0.1) is 5.92 Å². The highest BCUT2D eigenvalue weighted by Crippen LogP contribution is 2.31. The minimum absolute atomic E-state index is 0.533. The van der Waals surface area contributed by atoms with Crippen molar-refractivity contribution < 1.29 is 9.47 Å². The Morgan fingerprint density at radius 3 is 2.67 bits per heavy atom. The summed E-state index contributed by atoms with van der Waals surface area (Å²) in [6.45, 7) is 6.60. The van der Waals surface area contributed by atoms with Crippen molar-refractivity contribution in [3.63, 3.8) is 0 Å². The highest BCUT2D eigenvalue weighted by atomic mass is 16.6. The zero-order valence-electron chi connectivity index (χ0n) is 11.3. The van der Waals surface area contributed by atoms with Crippen molar-refractivity contribution in [2.45, 2.75) is 13.8 Å². The SMILES string of the molecule is CNCC(=Cc1ccc2c(c1)OCCO2)C(C)C. The van der Waals surface area contributed by atoms with Crippen LogP contribution in [-0.2, 0) is 0 Å². The average Bonchev–Trinajstić information content (AvgIpc) is 2.38. The zero-order valence-corrected chi connectivity index (χ0v) is 11.3. The molecule has 0 saturated carbocycles. The molecule has 0 unspecified atom stereocenters. The summed E-state index contributed by atoms with van der Waals surface area (Å²) in [7, 11) is 1.97. The Morgan fingerprint density at radius 1 is 1.28 bits per heavy atom. The zero-order chi connectivity index (χ0) is 13.0. The molecule has 1 heterocycles. The van der Waals surface area contributed by atoms with Crippen LogP contribution in [0.5, 0.6) is 11.5 Å². The van der Waals surface area contributed by atoms with Crippen molar-refractivity contribution in [3.8, 4) is 11.5 Å². The summed E-state index contributed by atoms with van der Waals surface area (Å²) in [6.07, 6.45) is 2.22. The largest absolute Gasteiger partial charge is 0.486 e. The van der Waals surface area contributed by atoms with Gasteiger partial charge in [-0.1, -0.05) is 31.6 Å². The second kappa shape index (κ2) is 5.91. The number of nitrogens with one attached hydrogen (secondary N) is 1. The second-order valence-corrected chi connectivity index (χ2v) is 4.81. The lowest BCUT2D eigenvalue weighted by Gasteiger charge is -2.19. The van der Waals surface area contributed by atoms with Crippen LogP contribution in [0.25, 0.3) is 6.08 Å². The molecule has 98 valence electrons. The molecule has 0 aliphatic carbocycles. The Kier molecular flexibility index (Phi) is 4.26. The average molecular weight is 247 g/mol. The van der Waals surface area contributed by atoms with Crippen LogP contribution < -0.4 is 14.8 Å². The van der Waals surface area contributed by atoms with E-state index < -0.39 is 0 Å². The molecule has 1 aliphatic heterocycles. The van der Waals surface area contributed by atoms with Crippen molar-refractivity contribution >= 4 is 6.08 Å². The predicted octanol–water partition coefficient (Wildman–Crippen LogP) is 2.72. The molecule has 1 aliphatic rings. The number of likely N-dealkylation sites (N-methyl/N-ethyl adjacent to an activating group) is 1. The van der Waals surface area contributed by atoms with E-state index in [-0.39, 0.29) is 0 Å². The molecule has 0 bridgehead atoms. The molecule has 0 radical (unpaired) electrons. The molecule has 3 nitrogen and oxygen atoms in total. The molecule has 18 heavy (non-hydrogen) atoms. The van der Waals surface area contributed by atoms with Gasteiger partial charge in [0.1, 0.15) is 13.2 Å². The van der Waals surface area contributed by atoms with Crippen LogP contribution in [0.1, 0.15) is 19.4 Å². The molecule has 0 fully saturated rings.